The number of ether oxygens (including phenoxy) is 3. The van der Waals surface area contributed by atoms with E-state index in [-0.39, 0.29) is 11.4 Å². The summed E-state index contributed by atoms with van der Waals surface area (Å²) in [5.74, 6) is 0.148. The Balaban J connectivity index is 2.15. The van der Waals surface area contributed by atoms with Crippen LogP contribution in [0.25, 0.3) is 0 Å². The van der Waals surface area contributed by atoms with Crippen molar-refractivity contribution in [3.05, 3.63) is 27.8 Å². The lowest BCUT2D eigenvalue weighted by atomic mass is 9.86. The fraction of sp³-hybridized carbons (Fsp3) is 0.417. The van der Waals surface area contributed by atoms with Crippen molar-refractivity contribution >= 4 is 11.7 Å². The second kappa shape index (κ2) is 3.59. The maximum absolute atomic E-state index is 11.6. The van der Waals surface area contributed by atoms with Crippen molar-refractivity contribution in [1.82, 2.24) is 0 Å². The zero-order valence-electron chi connectivity index (χ0n) is 10.3. The summed E-state index contributed by atoms with van der Waals surface area (Å²) in [5.41, 5.74) is -0.674. The third kappa shape index (κ3) is 1.29. The van der Waals surface area contributed by atoms with E-state index in [2.05, 4.69) is 0 Å². The molecule has 0 N–H and O–H groups in total. The number of carbonyl (C=O) groups excluding carboxylic acids is 1. The number of nitro groups is 1. The van der Waals surface area contributed by atoms with E-state index in [0.29, 0.717) is 17.7 Å². The van der Waals surface area contributed by atoms with Crippen LogP contribution in [-0.4, -0.2) is 23.6 Å². The smallest absolute Gasteiger partial charge is 0.355 e. The fourth-order valence-corrected chi connectivity index (χ4v) is 2.51. The molecule has 0 aliphatic carbocycles. The van der Waals surface area contributed by atoms with Crippen molar-refractivity contribution in [1.29, 1.82) is 0 Å². The first kappa shape index (κ1) is 11.8. The molecule has 0 bridgehead atoms. The average molecular weight is 265 g/mol. The predicted molar refractivity (Wildman–Crippen MR) is 62.1 cm³/mol. The lowest BCUT2D eigenvalue weighted by molar-refractivity contribution is -0.385. The van der Waals surface area contributed by atoms with Gasteiger partial charge in [0.25, 0.3) is 5.69 Å². The van der Waals surface area contributed by atoms with Crippen molar-refractivity contribution in [3.8, 4) is 11.5 Å². The summed E-state index contributed by atoms with van der Waals surface area (Å²) >= 11 is 0. The highest BCUT2D eigenvalue weighted by atomic mass is 16.7. The van der Waals surface area contributed by atoms with Gasteiger partial charge in [-0.3, -0.25) is 10.1 Å². The van der Waals surface area contributed by atoms with Gasteiger partial charge in [0.1, 0.15) is 0 Å². The second-order valence-electron chi connectivity index (χ2n) is 4.45. The van der Waals surface area contributed by atoms with Crippen LogP contribution in [0.3, 0.4) is 0 Å². The van der Waals surface area contributed by atoms with Gasteiger partial charge in [-0.1, -0.05) is 6.92 Å². The Morgan fingerprint density at radius 1 is 1.53 bits per heavy atom. The van der Waals surface area contributed by atoms with Gasteiger partial charge in [-0.05, 0) is 6.42 Å². The number of hydrogen-bond donors (Lipinski definition) is 0. The average Bonchev–Trinajstić information content (AvgIpc) is 2.66. The number of nitrogens with zero attached hydrogens (tertiary/aromatic N) is 1. The largest absolute Gasteiger partial charge is 0.493 e. The highest BCUT2D eigenvalue weighted by molar-refractivity contribution is 5.89. The van der Waals surface area contributed by atoms with E-state index >= 15 is 0 Å². The summed E-state index contributed by atoms with van der Waals surface area (Å²) in [6.45, 7) is 1.81. The van der Waals surface area contributed by atoms with Crippen LogP contribution in [0.2, 0.25) is 0 Å². The molecule has 0 saturated carbocycles. The van der Waals surface area contributed by atoms with E-state index < -0.39 is 22.6 Å². The van der Waals surface area contributed by atoms with Crippen LogP contribution in [-0.2, 0) is 9.53 Å². The molecule has 3 rings (SSSR count). The number of non-ortho nitro benzene ring substituents is 1. The third-order valence-corrected chi connectivity index (χ3v) is 3.58. The molecule has 2 aliphatic rings. The molecule has 0 spiro atoms. The Labute approximate surface area is 108 Å². The zero-order valence-corrected chi connectivity index (χ0v) is 10.3. The quantitative estimate of drug-likeness (QED) is 0.470. The Hall–Kier alpha value is -2.31. The molecule has 0 radical (unpaired) electrons. The van der Waals surface area contributed by atoms with Crippen LogP contribution < -0.4 is 9.47 Å². The molecule has 2 aliphatic heterocycles. The minimum absolute atomic E-state index is 0.117. The molecule has 100 valence electrons. The first-order valence-electron chi connectivity index (χ1n) is 5.80. The Bertz CT molecular complexity index is 598. The maximum atomic E-state index is 11.6. The summed E-state index contributed by atoms with van der Waals surface area (Å²) in [5, 5.41) is 10.9. The van der Waals surface area contributed by atoms with Crippen molar-refractivity contribution in [2.45, 2.75) is 25.0 Å². The lowest BCUT2D eigenvalue weighted by Gasteiger charge is -2.39. The van der Waals surface area contributed by atoms with E-state index in [4.69, 9.17) is 14.2 Å². The number of carbonyl (C=O) groups is 1. The summed E-state index contributed by atoms with van der Waals surface area (Å²) < 4.78 is 15.9. The standard InChI is InChI=1S/C12H11NO6/c1-3-12-10(18-11(12)14)7-4-6(13(15)16)5-8(17-2)9(7)19-12/h4-5,10H,3H2,1-2H3. The van der Waals surface area contributed by atoms with Gasteiger partial charge in [-0.15, -0.1) is 0 Å². The van der Waals surface area contributed by atoms with E-state index in [9.17, 15) is 14.9 Å². The van der Waals surface area contributed by atoms with Crippen molar-refractivity contribution in [2.24, 2.45) is 0 Å². The molecule has 1 saturated heterocycles. The summed E-state index contributed by atoms with van der Waals surface area (Å²) in [4.78, 5) is 22.0. The van der Waals surface area contributed by atoms with Crippen LogP contribution in [0.5, 0.6) is 11.5 Å². The molecule has 1 aromatic rings. The molecule has 1 aromatic carbocycles. The summed E-state index contributed by atoms with van der Waals surface area (Å²) in [6.07, 6.45) is -0.156. The number of esters is 1. The zero-order chi connectivity index (χ0) is 13.8. The van der Waals surface area contributed by atoms with Crippen LogP contribution in [0, 0.1) is 10.1 Å². The normalized spacial score (nSPS) is 26.6. The first-order valence-corrected chi connectivity index (χ1v) is 5.80. The first-order chi connectivity index (χ1) is 9.03. The molecule has 2 atom stereocenters. The van der Waals surface area contributed by atoms with Gasteiger partial charge in [0, 0.05) is 6.07 Å². The number of hydrogen-bond acceptors (Lipinski definition) is 6. The monoisotopic (exact) mass is 265 g/mol. The minimum Gasteiger partial charge on any atom is -0.493 e. The highest BCUT2D eigenvalue weighted by Gasteiger charge is 2.65. The maximum Gasteiger partial charge on any atom is 0.355 e. The van der Waals surface area contributed by atoms with Gasteiger partial charge in [-0.2, -0.15) is 0 Å². The Kier molecular flexibility index (Phi) is 2.23. The predicted octanol–water partition coefficient (Wildman–Crippen LogP) is 1.74. The highest BCUT2D eigenvalue weighted by Crippen LogP contribution is 2.57. The second-order valence-corrected chi connectivity index (χ2v) is 4.45. The van der Waals surface area contributed by atoms with E-state index in [0.717, 1.165) is 0 Å². The molecule has 1 fully saturated rings. The number of benzene rings is 1. The number of nitro benzene ring substituents is 1. The van der Waals surface area contributed by atoms with E-state index in [1.807, 2.05) is 0 Å². The molecule has 7 nitrogen and oxygen atoms in total. The summed E-state index contributed by atoms with van der Waals surface area (Å²) in [6, 6.07) is 2.64. The molecule has 0 aromatic heterocycles. The minimum atomic E-state index is -1.05. The molecular weight excluding hydrogens is 254 g/mol. The van der Waals surface area contributed by atoms with Gasteiger partial charge in [0.15, 0.2) is 17.6 Å². The Morgan fingerprint density at radius 3 is 2.79 bits per heavy atom. The molecular formula is C12H11NO6. The van der Waals surface area contributed by atoms with Crippen LogP contribution in [0.15, 0.2) is 12.1 Å². The van der Waals surface area contributed by atoms with Crippen LogP contribution >= 0.6 is 0 Å². The van der Waals surface area contributed by atoms with Crippen LogP contribution in [0.1, 0.15) is 25.0 Å². The lowest BCUT2D eigenvalue weighted by Crippen LogP contribution is -2.57. The van der Waals surface area contributed by atoms with Gasteiger partial charge >= 0.3 is 5.97 Å². The summed E-state index contributed by atoms with van der Waals surface area (Å²) in [7, 11) is 1.39. The van der Waals surface area contributed by atoms with Crippen molar-refractivity contribution < 1.29 is 23.9 Å². The SMILES string of the molecule is CCC12Oc3c(OC)cc([N+](=O)[O-])cc3C1OC2=O. The van der Waals surface area contributed by atoms with Gasteiger partial charge < -0.3 is 14.2 Å². The number of fused-ring (bicyclic) bond motifs is 3. The van der Waals surface area contributed by atoms with Crippen molar-refractivity contribution in [2.75, 3.05) is 7.11 Å². The van der Waals surface area contributed by atoms with Gasteiger partial charge in [0.2, 0.25) is 5.60 Å². The van der Waals surface area contributed by atoms with E-state index in [1.54, 1.807) is 6.92 Å². The van der Waals surface area contributed by atoms with E-state index in [1.165, 1.54) is 19.2 Å². The molecule has 2 unspecified atom stereocenters. The van der Waals surface area contributed by atoms with Gasteiger partial charge in [-0.25, -0.2) is 4.79 Å². The third-order valence-electron chi connectivity index (χ3n) is 3.58. The molecule has 2 heterocycles. The van der Waals surface area contributed by atoms with Crippen LogP contribution in [0.4, 0.5) is 5.69 Å². The Morgan fingerprint density at radius 2 is 2.26 bits per heavy atom. The number of rotatable bonds is 3. The van der Waals surface area contributed by atoms with Crippen molar-refractivity contribution in [3.63, 3.8) is 0 Å². The van der Waals surface area contributed by atoms with Gasteiger partial charge in [0.05, 0.1) is 23.7 Å². The molecule has 7 heteroatoms. The molecule has 0 amide bonds. The fourth-order valence-electron chi connectivity index (χ4n) is 2.51. The molecule has 19 heavy (non-hydrogen) atoms. The number of methoxy groups -OCH3 is 1. The topological polar surface area (TPSA) is 87.9 Å².